The van der Waals surface area contributed by atoms with Crippen LogP contribution in [0.2, 0.25) is 0 Å². The molecule has 4 aromatic rings. The van der Waals surface area contributed by atoms with Crippen molar-refractivity contribution in [1.82, 2.24) is 29.8 Å². The summed E-state index contributed by atoms with van der Waals surface area (Å²) in [6.07, 6.45) is -6.19. The minimum Gasteiger partial charge on any atom is -0.494 e. The number of rotatable bonds is 5. The van der Waals surface area contributed by atoms with E-state index in [-0.39, 0.29) is 35.0 Å². The topological polar surface area (TPSA) is 93.9 Å². The van der Waals surface area contributed by atoms with Crippen molar-refractivity contribution in [2.24, 2.45) is 0 Å². The molecule has 0 radical (unpaired) electrons. The first-order valence-corrected chi connectivity index (χ1v) is 12.7. The van der Waals surface area contributed by atoms with Crippen molar-refractivity contribution in [3.63, 3.8) is 0 Å². The summed E-state index contributed by atoms with van der Waals surface area (Å²) >= 11 is 0. The molecule has 1 N–H and O–H groups in total. The van der Waals surface area contributed by atoms with Gasteiger partial charge in [-0.15, -0.1) is 10.2 Å². The van der Waals surface area contributed by atoms with E-state index in [9.17, 15) is 26.7 Å². The molecule has 9 nitrogen and oxygen atoms in total. The molecular formula is C27H27F5N6O3. The molecule has 0 aliphatic carbocycles. The predicted molar refractivity (Wildman–Crippen MR) is 139 cm³/mol. The second-order valence-corrected chi connectivity index (χ2v) is 10.8. The van der Waals surface area contributed by atoms with E-state index in [0.717, 1.165) is 4.90 Å². The molecule has 1 fully saturated rings. The molecule has 41 heavy (non-hydrogen) atoms. The fraction of sp³-hybridized carbons (Fsp3) is 0.407. The highest BCUT2D eigenvalue weighted by molar-refractivity contribution is 5.82. The van der Waals surface area contributed by atoms with E-state index >= 15 is 0 Å². The number of amides is 1. The van der Waals surface area contributed by atoms with Gasteiger partial charge in [0.15, 0.2) is 23.0 Å². The number of pyridine rings is 2. The van der Waals surface area contributed by atoms with Crippen LogP contribution in [-0.2, 0) is 4.74 Å². The van der Waals surface area contributed by atoms with Gasteiger partial charge >= 0.3 is 12.3 Å². The largest absolute Gasteiger partial charge is 0.494 e. The van der Waals surface area contributed by atoms with Gasteiger partial charge in [0.2, 0.25) is 0 Å². The lowest BCUT2D eigenvalue weighted by atomic mass is 10.1. The van der Waals surface area contributed by atoms with Gasteiger partial charge in [0.05, 0.1) is 18.7 Å². The number of carbonyl (C=O) groups excluding carboxylic acids is 1. The number of nitrogens with zero attached hydrogens (tertiary/aromatic N) is 5. The van der Waals surface area contributed by atoms with Crippen LogP contribution in [0.5, 0.6) is 5.75 Å². The van der Waals surface area contributed by atoms with Crippen molar-refractivity contribution in [1.29, 1.82) is 0 Å². The van der Waals surface area contributed by atoms with Crippen molar-refractivity contribution >= 4 is 22.6 Å². The Morgan fingerprint density at radius 1 is 1.10 bits per heavy atom. The number of likely N-dealkylation sites (tertiary alicyclic amines) is 1. The first-order valence-electron chi connectivity index (χ1n) is 12.7. The smallest absolute Gasteiger partial charge is 0.408 e. The lowest BCUT2D eigenvalue weighted by molar-refractivity contribution is -0.184. The van der Waals surface area contributed by atoms with Crippen LogP contribution in [0.1, 0.15) is 32.4 Å². The van der Waals surface area contributed by atoms with Crippen molar-refractivity contribution in [3.05, 3.63) is 54.0 Å². The molecule has 0 saturated carbocycles. The Bertz CT molecular complexity index is 1600. The number of hydrogen-bond donors (Lipinski definition) is 1. The van der Waals surface area contributed by atoms with Crippen LogP contribution in [-0.4, -0.2) is 74.8 Å². The fourth-order valence-corrected chi connectivity index (χ4v) is 4.85. The Balaban J connectivity index is 1.47. The first-order chi connectivity index (χ1) is 19.2. The van der Waals surface area contributed by atoms with E-state index in [1.807, 2.05) is 0 Å². The molecule has 5 rings (SSSR count). The number of alkyl carbamates (subject to hydrolysis) is 1. The number of benzene rings is 1. The van der Waals surface area contributed by atoms with Crippen LogP contribution in [0, 0.1) is 5.82 Å². The van der Waals surface area contributed by atoms with Gasteiger partial charge in [0.1, 0.15) is 23.5 Å². The van der Waals surface area contributed by atoms with E-state index in [2.05, 4.69) is 20.5 Å². The SMILES string of the molecule is COc1cc2nc(-c3nnc4ccc([C@@H](N5CC(F)[C@H](NC(=O)OC(C)(C)C)C5)C(F)(F)F)cn34)ccc2cc1F. The highest BCUT2D eigenvalue weighted by Gasteiger charge is 2.49. The average molecular weight is 579 g/mol. The zero-order valence-electron chi connectivity index (χ0n) is 22.5. The van der Waals surface area contributed by atoms with Crippen molar-refractivity contribution in [2.75, 3.05) is 20.2 Å². The molecule has 1 aliphatic heterocycles. The second kappa shape index (κ2) is 10.4. The van der Waals surface area contributed by atoms with Crippen molar-refractivity contribution < 1.29 is 36.2 Å². The number of aromatic nitrogens is 4. The number of ether oxygens (including phenoxy) is 2. The number of methoxy groups -OCH3 is 1. The van der Waals surface area contributed by atoms with Crippen LogP contribution >= 0.6 is 0 Å². The third-order valence-electron chi connectivity index (χ3n) is 6.59. The lowest BCUT2D eigenvalue weighted by Crippen LogP contribution is -2.44. The summed E-state index contributed by atoms with van der Waals surface area (Å²) in [5, 5.41) is 11.0. The Morgan fingerprint density at radius 2 is 1.85 bits per heavy atom. The Morgan fingerprint density at radius 3 is 2.54 bits per heavy atom. The summed E-state index contributed by atoms with van der Waals surface area (Å²) in [6.45, 7) is 3.93. The molecule has 0 bridgehead atoms. The van der Waals surface area contributed by atoms with E-state index in [0.29, 0.717) is 10.9 Å². The lowest BCUT2D eigenvalue weighted by Gasteiger charge is -2.30. The molecule has 0 spiro atoms. The molecule has 218 valence electrons. The number of alkyl halides is 4. The molecule has 4 heterocycles. The molecule has 3 aromatic heterocycles. The summed E-state index contributed by atoms with van der Waals surface area (Å²) in [7, 11) is 1.32. The molecule has 1 amide bonds. The summed E-state index contributed by atoms with van der Waals surface area (Å²) in [4.78, 5) is 17.6. The van der Waals surface area contributed by atoms with Gasteiger partial charge in [-0.1, -0.05) is 12.1 Å². The van der Waals surface area contributed by atoms with Crippen LogP contribution in [0.15, 0.2) is 42.6 Å². The number of carbonyl (C=O) groups is 1. The second-order valence-electron chi connectivity index (χ2n) is 10.8. The van der Waals surface area contributed by atoms with Gasteiger partial charge in [0.25, 0.3) is 0 Å². The Kier molecular flexibility index (Phi) is 7.22. The fourth-order valence-electron chi connectivity index (χ4n) is 4.85. The standard InChI is InChI=1S/C27H27F5N6O3/c1-26(2,3)41-25(39)34-20-13-37(12-17(20)29)23(27(30,31)32)15-6-8-22-35-36-24(38(22)11-15)18-7-5-14-9-16(28)21(40-4)10-19(14)33-18/h5-11,17,20,23H,12-13H2,1-4H3,(H,34,39)/t17?,20-,23-/m1/s1. The van der Waals surface area contributed by atoms with Gasteiger partial charge in [-0.3, -0.25) is 9.30 Å². The maximum absolute atomic E-state index is 14.8. The zero-order valence-corrected chi connectivity index (χ0v) is 22.5. The van der Waals surface area contributed by atoms with E-state index < -0.39 is 48.5 Å². The van der Waals surface area contributed by atoms with E-state index in [1.54, 1.807) is 32.9 Å². The predicted octanol–water partition coefficient (Wildman–Crippen LogP) is 5.24. The van der Waals surface area contributed by atoms with Gasteiger partial charge in [-0.2, -0.15) is 13.2 Å². The Labute approximate surface area is 231 Å². The van der Waals surface area contributed by atoms with Crippen LogP contribution in [0.4, 0.5) is 26.7 Å². The summed E-state index contributed by atoms with van der Waals surface area (Å²) < 4.78 is 83.8. The third-order valence-corrected chi connectivity index (χ3v) is 6.59. The quantitative estimate of drug-likeness (QED) is 0.324. The van der Waals surface area contributed by atoms with Gasteiger partial charge in [0, 0.05) is 30.7 Å². The van der Waals surface area contributed by atoms with Gasteiger partial charge < -0.3 is 14.8 Å². The first kappa shape index (κ1) is 28.5. The monoisotopic (exact) mass is 578 g/mol. The number of halogens is 5. The molecular weight excluding hydrogens is 551 g/mol. The van der Waals surface area contributed by atoms with Crippen LogP contribution in [0.25, 0.3) is 28.1 Å². The molecule has 1 saturated heterocycles. The van der Waals surface area contributed by atoms with Crippen molar-refractivity contribution in [3.8, 4) is 17.3 Å². The van der Waals surface area contributed by atoms with Gasteiger partial charge in [-0.05, 0) is 44.5 Å². The Hall–Kier alpha value is -4.07. The maximum atomic E-state index is 14.8. The summed E-state index contributed by atoms with van der Waals surface area (Å²) in [5.41, 5.74) is -0.0998. The van der Waals surface area contributed by atoms with Crippen LogP contribution in [0.3, 0.4) is 0 Å². The number of hydrogen-bond acceptors (Lipinski definition) is 7. The molecule has 1 aliphatic rings. The minimum atomic E-state index is -4.77. The van der Waals surface area contributed by atoms with E-state index in [4.69, 9.17) is 9.47 Å². The molecule has 3 atom stereocenters. The number of fused-ring (bicyclic) bond motifs is 2. The highest BCUT2D eigenvalue weighted by Crippen LogP contribution is 2.40. The minimum absolute atomic E-state index is 0.0141. The van der Waals surface area contributed by atoms with Gasteiger partial charge in [-0.25, -0.2) is 18.6 Å². The highest BCUT2D eigenvalue weighted by atomic mass is 19.4. The molecule has 14 heteroatoms. The normalized spacial score (nSPS) is 19.0. The van der Waals surface area contributed by atoms with Crippen LogP contribution < -0.4 is 10.1 Å². The zero-order chi connectivity index (χ0) is 29.7. The third kappa shape index (κ3) is 5.87. The van der Waals surface area contributed by atoms with E-state index in [1.165, 1.54) is 42.0 Å². The van der Waals surface area contributed by atoms with Crippen molar-refractivity contribution in [2.45, 2.75) is 50.8 Å². The average Bonchev–Trinajstić information content (AvgIpc) is 3.44. The molecule has 1 unspecified atom stereocenters. The summed E-state index contributed by atoms with van der Waals surface area (Å²) in [6, 6.07) is 5.10. The number of nitrogens with one attached hydrogen (secondary N) is 1. The maximum Gasteiger partial charge on any atom is 0.408 e. The summed E-state index contributed by atoms with van der Waals surface area (Å²) in [5.74, 6) is -0.423. The molecule has 1 aromatic carbocycles.